The maximum absolute atomic E-state index is 12.1. The Bertz CT molecular complexity index is 551. The molecule has 0 radical (unpaired) electrons. The molecule has 0 bridgehead atoms. The molecule has 0 atom stereocenters. The second-order valence-corrected chi connectivity index (χ2v) is 6.20. The number of nitrogens with one attached hydrogen (secondary N) is 3. The number of benzene rings is 1. The van der Waals surface area contributed by atoms with Crippen molar-refractivity contribution in [1.82, 2.24) is 5.32 Å². The lowest BCUT2D eigenvalue weighted by molar-refractivity contribution is -0.116. The van der Waals surface area contributed by atoms with Gasteiger partial charge in [0.25, 0.3) is 0 Å². The van der Waals surface area contributed by atoms with Crippen LogP contribution in [0.15, 0.2) is 18.2 Å². The van der Waals surface area contributed by atoms with Crippen molar-refractivity contribution in [2.75, 3.05) is 17.2 Å². The van der Waals surface area contributed by atoms with Crippen LogP contribution in [0.2, 0.25) is 0 Å². The molecule has 5 nitrogen and oxygen atoms in total. The van der Waals surface area contributed by atoms with E-state index in [0.717, 1.165) is 24.1 Å². The van der Waals surface area contributed by atoms with Crippen LogP contribution in [0.5, 0.6) is 0 Å². The van der Waals surface area contributed by atoms with E-state index in [1.807, 2.05) is 26.0 Å². The van der Waals surface area contributed by atoms with Crippen LogP contribution >= 0.6 is 0 Å². The minimum Gasteiger partial charge on any atom is -0.326 e. The highest BCUT2D eigenvalue weighted by molar-refractivity contribution is 5.95. The molecule has 1 fully saturated rings. The van der Waals surface area contributed by atoms with Crippen LogP contribution in [-0.2, 0) is 9.59 Å². The van der Waals surface area contributed by atoms with Crippen molar-refractivity contribution in [2.45, 2.75) is 58.4 Å². The topological polar surface area (TPSA) is 70.2 Å². The fourth-order valence-corrected chi connectivity index (χ4v) is 2.82. The summed E-state index contributed by atoms with van der Waals surface area (Å²) in [6.07, 6.45) is 6.55. The number of hydrogen-bond acceptors (Lipinski definition) is 3. The maximum atomic E-state index is 12.1. The normalized spacial score (nSPS) is 15.2. The number of hydrogen-bond donors (Lipinski definition) is 3. The van der Waals surface area contributed by atoms with Crippen LogP contribution in [0.3, 0.4) is 0 Å². The van der Waals surface area contributed by atoms with Gasteiger partial charge in [0.15, 0.2) is 0 Å². The highest BCUT2D eigenvalue weighted by atomic mass is 16.2. The zero-order valence-electron chi connectivity index (χ0n) is 14.1. The number of aryl methyl sites for hydroxylation is 1. The van der Waals surface area contributed by atoms with E-state index in [1.54, 1.807) is 6.07 Å². The van der Waals surface area contributed by atoms with Crippen molar-refractivity contribution in [3.05, 3.63) is 23.8 Å². The highest BCUT2D eigenvalue weighted by Crippen LogP contribution is 2.21. The van der Waals surface area contributed by atoms with Gasteiger partial charge in [0.1, 0.15) is 0 Å². The van der Waals surface area contributed by atoms with Gasteiger partial charge in [-0.15, -0.1) is 0 Å². The summed E-state index contributed by atoms with van der Waals surface area (Å²) >= 11 is 0. The summed E-state index contributed by atoms with van der Waals surface area (Å²) in [6.45, 7) is 4.07. The lowest BCUT2D eigenvalue weighted by atomic mass is 9.95. The second-order valence-electron chi connectivity index (χ2n) is 6.20. The standard InChI is InChI=1S/C18H27N3O2/c1-3-17(22)21-16-11-15(10-9-13(16)2)20-18(23)12-19-14-7-5-4-6-8-14/h9-11,14,19H,3-8,12H2,1-2H3,(H,20,23)(H,21,22). The van der Waals surface area contributed by atoms with Gasteiger partial charge in [-0.05, 0) is 37.5 Å². The van der Waals surface area contributed by atoms with E-state index in [2.05, 4.69) is 16.0 Å². The smallest absolute Gasteiger partial charge is 0.238 e. The summed E-state index contributed by atoms with van der Waals surface area (Å²) in [6, 6.07) is 6.03. The molecule has 0 saturated heterocycles. The first kappa shape index (κ1) is 17.5. The van der Waals surface area contributed by atoms with E-state index in [-0.39, 0.29) is 11.8 Å². The summed E-state index contributed by atoms with van der Waals surface area (Å²) in [4.78, 5) is 23.6. The van der Waals surface area contributed by atoms with Gasteiger partial charge >= 0.3 is 0 Å². The van der Waals surface area contributed by atoms with Gasteiger partial charge in [-0.1, -0.05) is 32.3 Å². The van der Waals surface area contributed by atoms with Crippen LogP contribution in [0.1, 0.15) is 51.0 Å². The first-order chi connectivity index (χ1) is 11.1. The van der Waals surface area contributed by atoms with Crippen molar-refractivity contribution in [3.8, 4) is 0 Å². The van der Waals surface area contributed by atoms with Crippen LogP contribution in [0.4, 0.5) is 11.4 Å². The molecule has 1 aromatic rings. The van der Waals surface area contributed by atoms with Gasteiger partial charge in [0.05, 0.1) is 6.54 Å². The van der Waals surface area contributed by atoms with Crippen LogP contribution in [-0.4, -0.2) is 24.4 Å². The Kier molecular flexibility index (Phi) is 6.59. The number of carbonyl (C=O) groups excluding carboxylic acids is 2. The predicted octanol–water partition coefficient (Wildman–Crippen LogP) is 3.20. The molecule has 1 aliphatic rings. The third-order valence-corrected chi connectivity index (χ3v) is 4.27. The van der Waals surface area contributed by atoms with Gasteiger partial charge in [-0.25, -0.2) is 0 Å². The number of carbonyl (C=O) groups is 2. The molecule has 2 rings (SSSR count). The van der Waals surface area contributed by atoms with E-state index < -0.39 is 0 Å². The van der Waals surface area contributed by atoms with Crippen molar-refractivity contribution in [2.24, 2.45) is 0 Å². The van der Waals surface area contributed by atoms with Crippen LogP contribution < -0.4 is 16.0 Å². The SMILES string of the molecule is CCC(=O)Nc1cc(NC(=O)CNC2CCCCC2)ccc1C. The molecule has 126 valence electrons. The van der Waals surface area contributed by atoms with Crippen molar-refractivity contribution >= 4 is 23.2 Å². The lowest BCUT2D eigenvalue weighted by Gasteiger charge is -2.22. The predicted molar refractivity (Wildman–Crippen MR) is 93.6 cm³/mol. The summed E-state index contributed by atoms with van der Waals surface area (Å²) in [7, 11) is 0. The molecule has 0 aromatic heterocycles. The Labute approximate surface area is 138 Å². The largest absolute Gasteiger partial charge is 0.326 e. The molecule has 3 N–H and O–H groups in total. The Morgan fingerprint density at radius 1 is 1.09 bits per heavy atom. The third kappa shape index (κ3) is 5.67. The molecule has 1 saturated carbocycles. The Morgan fingerprint density at radius 2 is 1.83 bits per heavy atom. The van der Waals surface area contributed by atoms with E-state index in [1.165, 1.54) is 19.3 Å². The maximum Gasteiger partial charge on any atom is 0.238 e. The number of anilines is 2. The quantitative estimate of drug-likeness (QED) is 0.754. The van der Waals surface area contributed by atoms with Crippen LogP contribution in [0, 0.1) is 6.92 Å². The molecule has 23 heavy (non-hydrogen) atoms. The van der Waals surface area contributed by atoms with Gasteiger partial charge in [-0.3, -0.25) is 9.59 Å². The molecule has 0 heterocycles. The van der Waals surface area contributed by atoms with E-state index in [4.69, 9.17) is 0 Å². The molecular formula is C18H27N3O2. The van der Waals surface area contributed by atoms with Gasteiger partial charge in [0.2, 0.25) is 11.8 Å². The average molecular weight is 317 g/mol. The van der Waals surface area contributed by atoms with Crippen molar-refractivity contribution in [3.63, 3.8) is 0 Å². The van der Waals surface area contributed by atoms with E-state index in [9.17, 15) is 9.59 Å². The molecule has 0 spiro atoms. The molecule has 1 aromatic carbocycles. The fraction of sp³-hybridized carbons (Fsp3) is 0.556. The van der Waals surface area contributed by atoms with Gasteiger partial charge in [0, 0.05) is 23.8 Å². The van der Waals surface area contributed by atoms with Gasteiger partial charge < -0.3 is 16.0 Å². The molecule has 0 aliphatic heterocycles. The minimum absolute atomic E-state index is 0.0319. The van der Waals surface area contributed by atoms with Crippen molar-refractivity contribution in [1.29, 1.82) is 0 Å². The second kappa shape index (κ2) is 8.67. The highest BCUT2D eigenvalue weighted by Gasteiger charge is 2.14. The molecule has 1 aliphatic carbocycles. The van der Waals surface area contributed by atoms with Crippen LogP contribution in [0.25, 0.3) is 0 Å². The summed E-state index contributed by atoms with van der Waals surface area (Å²) in [5, 5.41) is 9.07. The molecule has 0 unspecified atom stereocenters. The Hall–Kier alpha value is -1.88. The minimum atomic E-state index is -0.0489. The van der Waals surface area contributed by atoms with E-state index >= 15 is 0 Å². The fourth-order valence-electron chi connectivity index (χ4n) is 2.82. The first-order valence-electron chi connectivity index (χ1n) is 8.52. The van der Waals surface area contributed by atoms with Crippen molar-refractivity contribution < 1.29 is 9.59 Å². The third-order valence-electron chi connectivity index (χ3n) is 4.27. The summed E-state index contributed by atoms with van der Waals surface area (Å²) in [5.41, 5.74) is 2.43. The first-order valence-corrected chi connectivity index (χ1v) is 8.52. The number of rotatable bonds is 6. The monoisotopic (exact) mass is 317 g/mol. The molecular weight excluding hydrogens is 290 g/mol. The average Bonchev–Trinajstić information content (AvgIpc) is 2.57. The molecule has 2 amide bonds. The zero-order valence-corrected chi connectivity index (χ0v) is 14.1. The van der Waals surface area contributed by atoms with E-state index in [0.29, 0.717) is 24.7 Å². The molecule has 5 heteroatoms. The number of amides is 2. The Balaban J connectivity index is 1.87. The zero-order chi connectivity index (χ0) is 16.7. The summed E-state index contributed by atoms with van der Waals surface area (Å²) in [5.74, 6) is -0.0808. The summed E-state index contributed by atoms with van der Waals surface area (Å²) < 4.78 is 0. The van der Waals surface area contributed by atoms with Gasteiger partial charge in [-0.2, -0.15) is 0 Å². The lowest BCUT2D eigenvalue weighted by Crippen LogP contribution is -2.37. The Morgan fingerprint density at radius 3 is 2.52 bits per heavy atom.